The fourth-order valence-electron chi connectivity index (χ4n) is 2.13. The van der Waals surface area contributed by atoms with Gasteiger partial charge in [0.15, 0.2) is 0 Å². The number of carbonyl (C=O) groups is 2. The van der Waals surface area contributed by atoms with E-state index in [0.29, 0.717) is 16.9 Å². The molecule has 0 radical (unpaired) electrons. The average Bonchev–Trinajstić information content (AvgIpc) is 2.54. The second-order valence-electron chi connectivity index (χ2n) is 6.30. The SMILES string of the molecule is CCOC(=O)c1cccc(-c2ccccc2NC(=O)OC(C)(C)C)n1. The van der Waals surface area contributed by atoms with Gasteiger partial charge in [-0.05, 0) is 45.9 Å². The van der Waals surface area contributed by atoms with Gasteiger partial charge in [0.05, 0.1) is 18.0 Å². The van der Waals surface area contributed by atoms with E-state index in [-0.39, 0.29) is 12.3 Å². The van der Waals surface area contributed by atoms with Crippen molar-refractivity contribution >= 4 is 17.7 Å². The maximum atomic E-state index is 12.0. The highest BCUT2D eigenvalue weighted by Gasteiger charge is 2.18. The Kier molecular flexibility index (Phi) is 5.75. The van der Waals surface area contributed by atoms with Crippen molar-refractivity contribution in [2.75, 3.05) is 11.9 Å². The number of benzene rings is 1. The Hall–Kier alpha value is -2.89. The van der Waals surface area contributed by atoms with E-state index in [2.05, 4.69) is 10.3 Å². The summed E-state index contributed by atoms with van der Waals surface area (Å²) in [7, 11) is 0. The predicted octanol–water partition coefficient (Wildman–Crippen LogP) is 4.27. The summed E-state index contributed by atoms with van der Waals surface area (Å²) in [6, 6.07) is 12.3. The van der Waals surface area contributed by atoms with Crippen LogP contribution in [-0.2, 0) is 9.47 Å². The normalized spacial score (nSPS) is 10.9. The first-order valence-electron chi connectivity index (χ1n) is 8.03. The van der Waals surface area contributed by atoms with E-state index in [1.54, 1.807) is 58.0 Å². The van der Waals surface area contributed by atoms with Crippen LogP contribution in [0.25, 0.3) is 11.3 Å². The molecule has 6 nitrogen and oxygen atoms in total. The van der Waals surface area contributed by atoms with Crippen molar-refractivity contribution in [2.24, 2.45) is 0 Å². The zero-order valence-corrected chi connectivity index (χ0v) is 14.8. The summed E-state index contributed by atoms with van der Waals surface area (Å²) >= 11 is 0. The van der Waals surface area contributed by atoms with Gasteiger partial charge in [-0.2, -0.15) is 0 Å². The Bertz CT molecular complexity index is 766. The number of nitrogens with zero attached hydrogens (tertiary/aromatic N) is 1. The quantitative estimate of drug-likeness (QED) is 0.840. The second-order valence-corrected chi connectivity index (χ2v) is 6.30. The maximum Gasteiger partial charge on any atom is 0.412 e. The fraction of sp³-hybridized carbons (Fsp3) is 0.316. The van der Waals surface area contributed by atoms with Gasteiger partial charge in [-0.25, -0.2) is 14.6 Å². The summed E-state index contributed by atoms with van der Waals surface area (Å²) in [4.78, 5) is 28.3. The molecule has 0 atom stereocenters. The van der Waals surface area contributed by atoms with Crippen LogP contribution in [0.2, 0.25) is 0 Å². The summed E-state index contributed by atoms with van der Waals surface area (Å²) in [5.41, 5.74) is 1.40. The molecule has 0 spiro atoms. The lowest BCUT2D eigenvalue weighted by atomic mass is 10.1. The standard InChI is InChI=1S/C19H22N2O4/c1-5-24-17(22)16-12-8-11-14(20-16)13-9-6-7-10-15(13)21-18(23)25-19(2,3)4/h6-12H,5H2,1-4H3,(H,21,23). The lowest BCUT2D eigenvalue weighted by molar-refractivity contribution is 0.0518. The molecule has 0 fully saturated rings. The highest BCUT2D eigenvalue weighted by atomic mass is 16.6. The van der Waals surface area contributed by atoms with Crippen LogP contribution in [0.5, 0.6) is 0 Å². The first kappa shape index (κ1) is 18.4. The number of hydrogen-bond donors (Lipinski definition) is 1. The van der Waals surface area contributed by atoms with Crippen LogP contribution in [0.1, 0.15) is 38.2 Å². The van der Waals surface area contributed by atoms with Gasteiger partial charge in [-0.15, -0.1) is 0 Å². The molecule has 1 aromatic carbocycles. The fourth-order valence-corrected chi connectivity index (χ4v) is 2.13. The van der Waals surface area contributed by atoms with Crippen molar-refractivity contribution in [3.8, 4) is 11.3 Å². The summed E-state index contributed by atoms with van der Waals surface area (Å²) < 4.78 is 10.3. The van der Waals surface area contributed by atoms with Crippen LogP contribution in [0.4, 0.5) is 10.5 Å². The molecule has 0 aliphatic heterocycles. The molecule has 25 heavy (non-hydrogen) atoms. The summed E-state index contributed by atoms with van der Waals surface area (Å²) in [5.74, 6) is -0.484. The molecule has 6 heteroatoms. The average molecular weight is 342 g/mol. The number of aromatic nitrogens is 1. The molecule has 0 aliphatic rings. The molecule has 0 saturated heterocycles. The number of esters is 1. The molecule has 132 valence electrons. The molecule has 0 unspecified atom stereocenters. The third-order valence-electron chi connectivity index (χ3n) is 3.07. The van der Waals surface area contributed by atoms with E-state index in [1.807, 2.05) is 12.1 Å². The number of pyridine rings is 1. The monoisotopic (exact) mass is 342 g/mol. The smallest absolute Gasteiger partial charge is 0.412 e. The van der Waals surface area contributed by atoms with E-state index >= 15 is 0 Å². The highest BCUT2D eigenvalue weighted by molar-refractivity contribution is 5.92. The lowest BCUT2D eigenvalue weighted by Gasteiger charge is -2.20. The summed E-state index contributed by atoms with van der Waals surface area (Å²) in [5, 5.41) is 2.72. The molecule has 1 N–H and O–H groups in total. The number of para-hydroxylation sites is 1. The second kappa shape index (κ2) is 7.79. The first-order chi connectivity index (χ1) is 11.8. The van der Waals surface area contributed by atoms with Crippen LogP contribution < -0.4 is 5.32 Å². The molecule has 0 saturated carbocycles. The molecule has 1 heterocycles. The molecule has 2 rings (SSSR count). The number of hydrogen-bond acceptors (Lipinski definition) is 5. The highest BCUT2D eigenvalue weighted by Crippen LogP contribution is 2.27. The van der Waals surface area contributed by atoms with Gasteiger partial charge in [0.25, 0.3) is 0 Å². The molecule has 0 aliphatic carbocycles. The zero-order chi connectivity index (χ0) is 18.4. The van der Waals surface area contributed by atoms with Crippen molar-refractivity contribution < 1.29 is 19.1 Å². The Morgan fingerprint density at radius 3 is 2.48 bits per heavy atom. The van der Waals surface area contributed by atoms with Gasteiger partial charge in [0.2, 0.25) is 0 Å². The van der Waals surface area contributed by atoms with E-state index < -0.39 is 17.7 Å². The molecular weight excluding hydrogens is 320 g/mol. The molecular formula is C19H22N2O4. The van der Waals surface area contributed by atoms with Crippen LogP contribution in [-0.4, -0.2) is 29.3 Å². The zero-order valence-electron chi connectivity index (χ0n) is 14.8. The molecule has 1 amide bonds. The van der Waals surface area contributed by atoms with Crippen molar-refractivity contribution in [2.45, 2.75) is 33.3 Å². The van der Waals surface area contributed by atoms with Crippen LogP contribution in [0.3, 0.4) is 0 Å². The van der Waals surface area contributed by atoms with E-state index in [9.17, 15) is 9.59 Å². The third kappa shape index (κ3) is 5.31. The van der Waals surface area contributed by atoms with Gasteiger partial charge < -0.3 is 9.47 Å². The predicted molar refractivity (Wildman–Crippen MR) is 95.5 cm³/mol. The van der Waals surface area contributed by atoms with Crippen molar-refractivity contribution in [1.82, 2.24) is 4.98 Å². The van der Waals surface area contributed by atoms with Crippen molar-refractivity contribution in [3.63, 3.8) is 0 Å². The Balaban J connectivity index is 2.30. The number of amides is 1. The summed E-state index contributed by atoms with van der Waals surface area (Å²) in [6.45, 7) is 7.40. The number of carbonyl (C=O) groups excluding carboxylic acids is 2. The van der Waals surface area contributed by atoms with Gasteiger partial charge in [-0.1, -0.05) is 24.3 Å². The Labute approximate surface area is 147 Å². The minimum Gasteiger partial charge on any atom is -0.461 e. The van der Waals surface area contributed by atoms with Crippen LogP contribution >= 0.6 is 0 Å². The summed E-state index contributed by atoms with van der Waals surface area (Å²) in [6.07, 6.45) is -0.554. The van der Waals surface area contributed by atoms with Gasteiger partial charge in [0, 0.05) is 5.56 Å². The third-order valence-corrected chi connectivity index (χ3v) is 3.07. The van der Waals surface area contributed by atoms with E-state index in [1.165, 1.54) is 0 Å². The Morgan fingerprint density at radius 2 is 1.80 bits per heavy atom. The van der Waals surface area contributed by atoms with E-state index in [4.69, 9.17) is 9.47 Å². The minimum absolute atomic E-state index is 0.214. The first-order valence-corrected chi connectivity index (χ1v) is 8.03. The maximum absolute atomic E-state index is 12.0. The van der Waals surface area contributed by atoms with Crippen molar-refractivity contribution in [3.05, 3.63) is 48.2 Å². The number of nitrogens with one attached hydrogen (secondary N) is 1. The largest absolute Gasteiger partial charge is 0.461 e. The van der Waals surface area contributed by atoms with Crippen molar-refractivity contribution in [1.29, 1.82) is 0 Å². The topological polar surface area (TPSA) is 77.5 Å². The lowest BCUT2D eigenvalue weighted by Crippen LogP contribution is -2.27. The minimum atomic E-state index is -0.596. The van der Waals surface area contributed by atoms with Gasteiger partial charge >= 0.3 is 12.1 Å². The number of anilines is 1. The molecule has 0 bridgehead atoms. The van der Waals surface area contributed by atoms with E-state index in [0.717, 1.165) is 0 Å². The number of rotatable bonds is 4. The molecule has 1 aromatic heterocycles. The van der Waals surface area contributed by atoms with Gasteiger partial charge in [-0.3, -0.25) is 5.32 Å². The Morgan fingerprint density at radius 1 is 1.08 bits per heavy atom. The number of ether oxygens (including phenoxy) is 2. The van der Waals surface area contributed by atoms with Gasteiger partial charge in [0.1, 0.15) is 11.3 Å². The van der Waals surface area contributed by atoms with Crippen LogP contribution in [0, 0.1) is 0 Å². The molecule has 2 aromatic rings. The van der Waals surface area contributed by atoms with Crippen LogP contribution in [0.15, 0.2) is 42.5 Å².